The second-order valence-corrected chi connectivity index (χ2v) is 6.76. The minimum Gasteiger partial charge on any atom is -0.373 e. The monoisotopic (exact) mass is 378 g/mol. The first kappa shape index (κ1) is 17.2. The second kappa shape index (κ2) is 6.91. The number of anilines is 1. The Morgan fingerprint density at radius 2 is 1.59 bits per heavy atom. The minimum atomic E-state index is 0.671. The summed E-state index contributed by atoms with van der Waals surface area (Å²) >= 11 is 0. The van der Waals surface area contributed by atoms with E-state index in [1.807, 2.05) is 68.7 Å². The number of nitrogens with zero attached hydrogens (tertiary/aromatic N) is 5. The average Bonchev–Trinajstić information content (AvgIpc) is 2.77. The summed E-state index contributed by atoms with van der Waals surface area (Å²) in [6, 6.07) is 15.9. The number of hydrogen-bond acceptors (Lipinski definition) is 6. The zero-order valence-electron chi connectivity index (χ0n) is 16.1. The first-order valence-corrected chi connectivity index (χ1v) is 9.36. The summed E-state index contributed by atoms with van der Waals surface area (Å²) in [6.07, 6.45) is 5.36. The summed E-state index contributed by atoms with van der Waals surface area (Å²) in [5.74, 6) is 0.822. The lowest BCUT2D eigenvalue weighted by atomic mass is 10.0. The van der Waals surface area contributed by atoms with Crippen molar-refractivity contribution < 1.29 is 0 Å². The maximum Gasteiger partial charge on any atom is 0.160 e. The van der Waals surface area contributed by atoms with Crippen molar-refractivity contribution in [3.05, 3.63) is 72.8 Å². The van der Waals surface area contributed by atoms with Crippen molar-refractivity contribution in [3.8, 4) is 22.6 Å². The number of pyridine rings is 5. The summed E-state index contributed by atoms with van der Waals surface area (Å²) in [4.78, 5) is 23.1. The van der Waals surface area contributed by atoms with E-state index in [0.717, 1.165) is 50.3 Å². The van der Waals surface area contributed by atoms with Crippen molar-refractivity contribution in [1.82, 2.24) is 24.9 Å². The van der Waals surface area contributed by atoms with Crippen LogP contribution in [0.5, 0.6) is 0 Å². The SMILES string of the molecule is CNc1nccc2c(-c3cc(-c4cccc(C)n4)nc4ncccc34)nccc12. The van der Waals surface area contributed by atoms with Crippen molar-refractivity contribution in [2.75, 3.05) is 12.4 Å². The van der Waals surface area contributed by atoms with Crippen LogP contribution < -0.4 is 5.32 Å². The van der Waals surface area contributed by atoms with Gasteiger partial charge in [0.15, 0.2) is 5.65 Å². The summed E-state index contributed by atoms with van der Waals surface area (Å²) in [7, 11) is 1.87. The molecule has 0 aliphatic rings. The highest BCUT2D eigenvalue weighted by Crippen LogP contribution is 2.35. The fourth-order valence-electron chi connectivity index (χ4n) is 3.59. The van der Waals surface area contributed by atoms with Gasteiger partial charge < -0.3 is 5.32 Å². The molecule has 140 valence electrons. The van der Waals surface area contributed by atoms with E-state index in [0.29, 0.717) is 5.65 Å². The van der Waals surface area contributed by atoms with Crippen LogP contribution in [-0.2, 0) is 0 Å². The number of rotatable bonds is 3. The molecule has 6 heteroatoms. The highest BCUT2D eigenvalue weighted by molar-refractivity contribution is 6.05. The zero-order chi connectivity index (χ0) is 19.8. The Labute approximate surface area is 167 Å². The van der Waals surface area contributed by atoms with Gasteiger partial charge in [0, 0.05) is 53.1 Å². The van der Waals surface area contributed by atoms with Gasteiger partial charge in [0.1, 0.15) is 5.82 Å². The van der Waals surface area contributed by atoms with Crippen LogP contribution in [0.1, 0.15) is 5.69 Å². The lowest BCUT2D eigenvalue weighted by Crippen LogP contribution is -1.97. The van der Waals surface area contributed by atoms with Gasteiger partial charge in [-0.2, -0.15) is 0 Å². The number of nitrogens with one attached hydrogen (secondary N) is 1. The molecule has 1 N–H and O–H groups in total. The number of aryl methyl sites for hydroxylation is 1. The topological polar surface area (TPSA) is 76.5 Å². The van der Waals surface area contributed by atoms with E-state index in [-0.39, 0.29) is 0 Å². The van der Waals surface area contributed by atoms with Crippen molar-refractivity contribution in [2.24, 2.45) is 0 Å². The number of hydrogen-bond donors (Lipinski definition) is 1. The lowest BCUT2D eigenvalue weighted by molar-refractivity contribution is 1.18. The summed E-state index contributed by atoms with van der Waals surface area (Å²) in [5, 5.41) is 6.14. The molecule has 0 spiro atoms. The fraction of sp³-hybridized carbons (Fsp3) is 0.0870. The third-order valence-electron chi connectivity index (χ3n) is 4.92. The second-order valence-electron chi connectivity index (χ2n) is 6.76. The van der Waals surface area contributed by atoms with Gasteiger partial charge in [0.25, 0.3) is 0 Å². The molecule has 0 bridgehead atoms. The van der Waals surface area contributed by atoms with Gasteiger partial charge in [-0.05, 0) is 49.4 Å². The third kappa shape index (κ3) is 2.95. The Kier molecular flexibility index (Phi) is 4.09. The molecule has 0 aromatic carbocycles. The van der Waals surface area contributed by atoms with Crippen LogP contribution in [0.4, 0.5) is 5.82 Å². The molecular formula is C23H18N6. The highest BCUT2D eigenvalue weighted by atomic mass is 15.0. The summed E-state index contributed by atoms with van der Waals surface area (Å²) in [5.41, 5.74) is 5.05. The van der Waals surface area contributed by atoms with Gasteiger partial charge in [-0.25, -0.2) is 15.0 Å². The normalized spacial score (nSPS) is 11.1. The molecule has 0 unspecified atom stereocenters. The van der Waals surface area contributed by atoms with E-state index in [1.165, 1.54) is 0 Å². The van der Waals surface area contributed by atoms with Gasteiger partial charge in [0.05, 0.1) is 17.1 Å². The van der Waals surface area contributed by atoms with Gasteiger partial charge >= 0.3 is 0 Å². The van der Waals surface area contributed by atoms with Crippen LogP contribution in [0.2, 0.25) is 0 Å². The molecule has 0 aliphatic heterocycles. The van der Waals surface area contributed by atoms with E-state index in [4.69, 9.17) is 9.97 Å². The van der Waals surface area contributed by atoms with Crippen LogP contribution in [-0.4, -0.2) is 32.0 Å². The molecule has 0 atom stereocenters. The Balaban J connectivity index is 1.85. The van der Waals surface area contributed by atoms with E-state index < -0.39 is 0 Å². The molecule has 5 rings (SSSR count). The van der Waals surface area contributed by atoms with Gasteiger partial charge in [0.2, 0.25) is 0 Å². The molecule has 0 aliphatic carbocycles. The standard InChI is InChI=1S/C23H18N6/c1-14-5-3-7-19(28-14)20-13-18(16-6-4-10-26-23(16)29-20)21-15-8-12-27-22(24-2)17(15)9-11-25-21/h3-13H,1-2H3,(H,24,27). The van der Waals surface area contributed by atoms with Crippen LogP contribution in [0.15, 0.2) is 67.1 Å². The minimum absolute atomic E-state index is 0.671. The molecular weight excluding hydrogens is 360 g/mol. The van der Waals surface area contributed by atoms with Gasteiger partial charge in [-0.1, -0.05) is 6.07 Å². The quantitative estimate of drug-likeness (QED) is 0.492. The largest absolute Gasteiger partial charge is 0.373 e. The zero-order valence-corrected chi connectivity index (χ0v) is 16.1. The predicted molar refractivity (Wildman–Crippen MR) is 116 cm³/mol. The van der Waals surface area contributed by atoms with E-state index in [2.05, 4.69) is 20.3 Å². The Hall–Kier alpha value is -3.93. The number of fused-ring (bicyclic) bond motifs is 2. The maximum absolute atomic E-state index is 4.76. The van der Waals surface area contributed by atoms with E-state index in [9.17, 15) is 0 Å². The van der Waals surface area contributed by atoms with Crippen molar-refractivity contribution in [2.45, 2.75) is 6.92 Å². The molecule has 5 aromatic heterocycles. The molecule has 0 fully saturated rings. The Bertz CT molecular complexity index is 1360. The van der Waals surface area contributed by atoms with Crippen LogP contribution in [0, 0.1) is 6.92 Å². The third-order valence-corrected chi connectivity index (χ3v) is 4.92. The van der Waals surface area contributed by atoms with Crippen LogP contribution in [0.3, 0.4) is 0 Å². The number of aromatic nitrogens is 5. The molecule has 0 amide bonds. The maximum atomic E-state index is 4.76. The Morgan fingerprint density at radius 1 is 0.724 bits per heavy atom. The van der Waals surface area contributed by atoms with Crippen molar-refractivity contribution in [3.63, 3.8) is 0 Å². The predicted octanol–water partition coefficient (Wildman–Crippen LogP) is 4.65. The van der Waals surface area contributed by atoms with Crippen molar-refractivity contribution in [1.29, 1.82) is 0 Å². The first-order chi connectivity index (χ1) is 14.2. The summed E-state index contributed by atoms with van der Waals surface area (Å²) in [6.45, 7) is 1.97. The lowest BCUT2D eigenvalue weighted by Gasteiger charge is -2.12. The molecule has 0 saturated heterocycles. The molecule has 0 radical (unpaired) electrons. The molecule has 6 nitrogen and oxygen atoms in total. The molecule has 0 saturated carbocycles. The smallest absolute Gasteiger partial charge is 0.160 e. The Morgan fingerprint density at radius 3 is 2.45 bits per heavy atom. The van der Waals surface area contributed by atoms with Crippen LogP contribution >= 0.6 is 0 Å². The fourth-order valence-corrected chi connectivity index (χ4v) is 3.59. The summed E-state index contributed by atoms with van der Waals surface area (Å²) < 4.78 is 0. The molecule has 5 aromatic rings. The van der Waals surface area contributed by atoms with E-state index >= 15 is 0 Å². The first-order valence-electron chi connectivity index (χ1n) is 9.36. The van der Waals surface area contributed by atoms with Crippen molar-refractivity contribution >= 4 is 27.6 Å². The van der Waals surface area contributed by atoms with E-state index in [1.54, 1.807) is 12.4 Å². The van der Waals surface area contributed by atoms with Gasteiger partial charge in [-0.15, -0.1) is 0 Å². The van der Waals surface area contributed by atoms with Gasteiger partial charge in [-0.3, -0.25) is 9.97 Å². The molecule has 5 heterocycles. The van der Waals surface area contributed by atoms with Crippen LogP contribution in [0.25, 0.3) is 44.5 Å². The average molecular weight is 378 g/mol. The highest BCUT2D eigenvalue weighted by Gasteiger charge is 2.15. The molecule has 29 heavy (non-hydrogen) atoms.